The Kier molecular flexibility index (Phi) is 5.67. The van der Waals surface area contributed by atoms with Gasteiger partial charge in [-0.3, -0.25) is 9.69 Å². The maximum atomic E-state index is 13.2. The van der Waals surface area contributed by atoms with Crippen molar-refractivity contribution in [2.45, 2.75) is 46.1 Å². The lowest BCUT2D eigenvalue weighted by Crippen LogP contribution is -2.52. The zero-order valence-electron chi connectivity index (χ0n) is 12.4. The van der Waals surface area contributed by atoms with Gasteiger partial charge in [-0.25, -0.2) is 4.39 Å². The highest BCUT2D eigenvalue weighted by Gasteiger charge is 2.35. The summed E-state index contributed by atoms with van der Waals surface area (Å²) in [5.74, 6) is -0.129. The largest absolute Gasteiger partial charge is 0.297 e. The van der Waals surface area contributed by atoms with Gasteiger partial charge in [0.15, 0.2) is 5.78 Å². The quantitative estimate of drug-likeness (QED) is 0.752. The molecule has 106 valence electrons. The van der Waals surface area contributed by atoms with E-state index in [-0.39, 0.29) is 11.6 Å². The molecule has 0 bridgehead atoms. The van der Waals surface area contributed by atoms with Gasteiger partial charge >= 0.3 is 0 Å². The van der Waals surface area contributed by atoms with E-state index in [1.807, 2.05) is 13.8 Å². The summed E-state index contributed by atoms with van der Waals surface area (Å²) in [6, 6.07) is 6.30. The molecule has 0 heterocycles. The lowest BCUT2D eigenvalue weighted by atomic mass is 9.87. The second-order valence-electron chi connectivity index (χ2n) is 5.03. The summed E-state index contributed by atoms with van der Waals surface area (Å²) in [7, 11) is 0. The summed E-state index contributed by atoms with van der Waals surface area (Å²) in [6.07, 6.45) is 1.06. The van der Waals surface area contributed by atoms with E-state index in [0.29, 0.717) is 6.42 Å². The van der Waals surface area contributed by atoms with Crippen molar-refractivity contribution in [3.8, 4) is 0 Å². The summed E-state index contributed by atoms with van der Waals surface area (Å²) >= 11 is 0. The first-order valence-corrected chi connectivity index (χ1v) is 7.00. The Morgan fingerprint density at radius 1 is 1.26 bits per heavy atom. The normalized spacial score (nSPS) is 14.4. The smallest absolute Gasteiger partial charge is 0.157 e. The highest BCUT2D eigenvalue weighted by atomic mass is 19.1. The molecule has 1 unspecified atom stereocenters. The second kappa shape index (κ2) is 6.80. The fourth-order valence-corrected chi connectivity index (χ4v) is 2.54. The van der Waals surface area contributed by atoms with Gasteiger partial charge in [0, 0.05) is 6.42 Å². The Bertz CT molecular complexity index is 429. The molecule has 3 heteroatoms. The average molecular weight is 265 g/mol. The van der Waals surface area contributed by atoms with Crippen molar-refractivity contribution in [2.75, 3.05) is 13.1 Å². The molecule has 19 heavy (non-hydrogen) atoms. The van der Waals surface area contributed by atoms with Crippen LogP contribution in [0.15, 0.2) is 24.3 Å². The predicted molar refractivity (Wildman–Crippen MR) is 76.7 cm³/mol. The van der Waals surface area contributed by atoms with Crippen LogP contribution in [-0.2, 0) is 11.2 Å². The average Bonchev–Trinajstić information content (AvgIpc) is 2.39. The van der Waals surface area contributed by atoms with E-state index in [0.717, 1.165) is 25.1 Å². The minimum Gasteiger partial charge on any atom is -0.297 e. The summed E-state index contributed by atoms with van der Waals surface area (Å²) in [5.41, 5.74) is 0.285. The summed E-state index contributed by atoms with van der Waals surface area (Å²) in [5, 5.41) is 0. The van der Waals surface area contributed by atoms with Crippen LogP contribution in [0.25, 0.3) is 0 Å². The van der Waals surface area contributed by atoms with Crippen LogP contribution in [0.2, 0.25) is 0 Å². The van der Waals surface area contributed by atoms with Gasteiger partial charge in [0.1, 0.15) is 5.82 Å². The molecule has 0 aliphatic heterocycles. The molecule has 1 atom stereocenters. The number of rotatable bonds is 7. The third kappa shape index (κ3) is 3.63. The number of hydrogen-bond donors (Lipinski definition) is 0. The van der Waals surface area contributed by atoms with Crippen molar-refractivity contribution < 1.29 is 9.18 Å². The molecule has 1 rings (SSSR count). The number of likely N-dealkylation sites (N-methyl/N-ethyl adjacent to an activating group) is 1. The van der Waals surface area contributed by atoms with Gasteiger partial charge in [-0.1, -0.05) is 32.9 Å². The number of nitrogens with zero attached hydrogens (tertiary/aromatic N) is 1. The maximum Gasteiger partial charge on any atom is 0.157 e. The molecule has 0 spiro atoms. The van der Waals surface area contributed by atoms with Gasteiger partial charge in [0.25, 0.3) is 0 Å². The number of carbonyl (C=O) groups is 1. The van der Waals surface area contributed by atoms with Crippen molar-refractivity contribution >= 4 is 5.78 Å². The monoisotopic (exact) mass is 265 g/mol. The van der Waals surface area contributed by atoms with Crippen LogP contribution in [-0.4, -0.2) is 29.3 Å². The Balaban J connectivity index is 2.90. The zero-order valence-corrected chi connectivity index (χ0v) is 12.4. The fraction of sp³-hybridized carbons (Fsp3) is 0.562. The number of carbonyl (C=O) groups excluding carboxylic acids is 1. The second-order valence-corrected chi connectivity index (χ2v) is 5.03. The Morgan fingerprint density at radius 2 is 1.89 bits per heavy atom. The highest BCUT2D eigenvalue weighted by Crippen LogP contribution is 2.22. The number of hydrogen-bond acceptors (Lipinski definition) is 2. The highest BCUT2D eigenvalue weighted by molar-refractivity contribution is 5.89. The first kappa shape index (κ1) is 15.8. The van der Waals surface area contributed by atoms with Crippen LogP contribution in [0.1, 0.15) is 39.7 Å². The molecular weight excluding hydrogens is 241 g/mol. The molecule has 0 aliphatic carbocycles. The van der Waals surface area contributed by atoms with Gasteiger partial charge in [0.2, 0.25) is 0 Å². The minimum atomic E-state index is -0.462. The van der Waals surface area contributed by atoms with Crippen molar-refractivity contribution in [3.05, 3.63) is 35.6 Å². The zero-order chi connectivity index (χ0) is 14.5. The minimum absolute atomic E-state index is 0.157. The third-order valence-electron chi connectivity index (χ3n) is 4.00. The lowest BCUT2D eigenvalue weighted by Gasteiger charge is -2.38. The molecule has 0 aliphatic rings. The maximum absolute atomic E-state index is 13.2. The molecule has 0 aromatic heterocycles. The number of Topliss-reactive ketones (excluding diaryl/α,β-unsaturated/α-hetero) is 1. The van der Waals surface area contributed by atoms with Crippen LogP contribution < -0.4 is 0 Å². The van der Waals surface area contributed by atoms with E-state index in [2.05, 4.69) is 18.7 Å². The Hall–Kier alpha value is -1.22. The van der Waals surface area contributed by atoms with Gasteiger partial charge in [-0.15, -0.1) is 0 Å². The lowest BCUT2D eigenvalue weighted by molar-refractivity contribution is -0.129. The van der Waals surface area contributed by atoms with Crippen LogP contribution in [0.4, 0.5) is 4.39 Å². The van der Waals surface area contributed by atoms with Crippen LogP contribution in [0.5, 0.6) is 0 Å². The Labute approximate surface area is 115 Å². The van der Waals surface area contributed by atoms with Gasteiger partial charge in [0.05, 0.1) is 5.54 Å². The number of benzene rings is 1. The summed E-state index contributed by atoms with van der Waals surface area (Å²) in [6.45, 7) is 9.83. The molecule has 0 N–H and O–H groups in total. The standard InChI is InChI=1S/C16H24FNO/c1-5-16(4,18(6-2)7-3)15(19)12-13-9-8-10-14(17)11-13/h8-11H,5-7,12H2,1-4H3. The molecule has 0 radical (unpaired) electrons. The van der Waals surface area contributed by atoms with E-state index in [1.165, 1.54) is 12.1 Å². The topological polar surface area (TPSA) is 20.3 Å². The van der Waals surface area contributed by atoms with Gasteiger partial charge in [-0.05, 0) is 44.1 Å². The molecule has 0 saturated carbocycles. The number of ketones is 1. The van der Waals surface area contributed by atoms with Crippen molar-refractivity contribution in [1.82, 2.24) is 4.90 Å². The number of halogens is 1. The van der Waals surface area contributed by atoms with Crippen molar-refractivity contribution in [2.24, 2.45) is 0 Å². The molecule has 0 amide bonds. The third-order valence-corrected chi connectivity index (χ3v) is 4.00. The molecule has 0 fully saturated rings. The molecule has 1 aromatic rings. The predicted octanol–water partition coefficient (Wildman–Crippen LogP) is 3.45. The Morgan fingerprint density at radius 3 is 2.37 bits per heavy atom. The van der Waals surface area contributed by atoms with E-state index < -0.39 is 5.54 Å². The SMILES string of the molecule is CCN(CC)C(C)(CC)C(=O)Cc1cccc(F)c1. The van der Waals surface area contributed by atoms with Crippen LogP contribution >= 0.6 is 0 Å². The van der Waals surface area contributed by atoms with Gasteiger partial charge in [-0.2, -0.15) is 0 Å². The van der Waals surface area contributed by atoms with E-state index in [4.69, 9.17) is 0 Å². The first-order valence-electron chi connectivity index (χ1n) is 7.00. The summed E-state index contributed by atoms with van der Waals surface area (Å²) in [4.78, 5) is 14.7. The van der Waals surface area contributed by atoms with E-state index >= 15 is 0 Å². The van der Waals surface area contributed by atoms with Crippen molar-refractivity contribution in [3.63, 3.8) is 0 Å². The first-order chi connectivity index (χ1) is 8.97. The molecule has 2 nitrogen and oxygen atoms in total. The van der Waals surface area contributed by atoms with Crippen LogP contribution in [0, 0.1) is 5.82 Å². The molecule has 0 saturated heterocycles. The van der Waals surface area contributed by atoms with E-state index in [9.17, 15) is 9.18 Å². The van der Waals surface area contributed by atoms with Crippen molar-refractivity contribution in [1.29, 1.82) is 0 Å². The molecule has 1 aromatic carbocycles. The molecular formula is C16H24FNO. The fourth-order valence-electron chi connectivity index (χ4n) is 2.54. The van der Waals surface area contributed by atoms with E-state index in [1.54, 1.807) is 12.1 Å². The summed E-state index contributed by atoms with van der Waals surface area (Å²) < 4.78 is 13.2. The van der Waals surface area contributed by atoms with Gasteiger partial charge < -0.3 is 0 Å². The van der Waals surface area contributed by atoms with Crippen LogP contribution in [0.3, 0.4) is 0 Å².